The molecule has 21 heavy (non-hydrogen) atoms. The van der Waals surface area contributed by atoms with Crippen LogP contribution in [0.1, 0.15) is 0 Å². The van der Waals surface area contributed by atoms with E-state index in [2.05, 4.69) is 4.74 Å². The summed E-state index contributed by atoms with van der Waals surface area (Å²) < 4.78 is 5.14. The van der Waals surface area contributed by atoms with Gasteiger partial charge < -0.3 is 9.84 Å². The van der Waals surface area contributed by atoms with Gasteiger partial charge in [-0.3, -0.25) is 19.1 Å². The Balaban J connectivity index is 2.71. The van der Waals surface area contributed by atoms with Crippen LogP contribution in [0.25, 0.3) is 11.1 Å². The lowest BCUT2D eigenvalue weighted by Crippen LogP contribution is -2.33. The standard InChI is InChI=1S/C13H11ClN2O5/c1-21-9(17)6-16-12(19)10(11(18)15-13(16)20)7-4-2-3-5-8(7)14/h2-5,19H,6H2,1H3,(H,15,18,20). The van der Waals surface area contributed by atoms with Gasteiger partial charge in [-0.1, -0.05) is 29.8 Å². The number of aromatic hydroxyl groups is 1. The number of methoxy groups -OCH3 is 1. The normalized spacial score (nSPS) is 10.4. The minimum absolute atomic E-state index is 0.191. The molecule has 0 spiro atoms. The van der Waals surface area contributed by atoms with Gasteiger partial charge in [-0.15, -0.1) is 0 Å². The summed E-state index contributed by atoms with van der Waals surface area (Å²) >= 11 is 5.98. The second-order valence-electron chi connectivity index (χ2n) is 4.10. The van der Waals surface area contributed by atoms with Gasteiger partial charge in [-0.2, -0.15) is 0 Å². The smallest absolute Gasteiger partial charge is 0.331 e. The molecule has 0 aliphatic rings. The van der Waals surface area contributed by atoms with Crippen molar-refractivity contribution < 1.29 is 14.6 Å². The average Bonchev–Trinajstić information content (AvgIpc) is 2.45. The summed E-state index contributed by atoms with van der Waals surface area (Å²) in [7, 11) is 1.14. The molecule has 1 heterocycles. The Kier molecular flexibility index (Phi) is 4.13. The molecule has 0 saturated carbocycles. The van der Waals surface area contributed by atoms with Crippen molar-refractivity contribution in [1.82, 2.24) is 9.55 Å². The maximum absolute atomic E-state index is 11.9. The van der Waals surface area contributed by atoms with Gasteiger partial charge in [0.05, 0.1) is 7.11 Å². The number of ether oxygens (including phenoxy) is 1. The first-order valence-electron chi connectivity index (χ1n) is 5.83. The number of hydrogen-bond donors (Lipinski definition) is 2. The highest BCUT2D eigenvalue weighted by Gasteiger charge is 2.19. The van der Waals surface area contributed by atoms with Crippen LogP contribution in [0.2, 0.25) is 5.02 Å². The Morgan fingerprint density at radius 1 is 1.38 bits per heavy atom. The molecular weight excluding hydrogens is 300 g/mol. The van der Waals surface area contributed by atoms with E-state index < -0.39 is 29.6 Å². The Morgan fingerprint density at radius 2 is 2.05 bits per heavy atom. The lowest BCUT2D eigenvalue weighted by molar-refractivity contribution is -0.141. The van der Waals surface area contributed by atoms with Gasteiger partial charge in [0.25, 0.3) is 5.56 Å². The van der Waals surface area contributed by atoms with E-state index in [1.807, 2.05) is 4.98 Å². The summed E-state index contributed by atoms with van der Waals surface area (Å²) in [6.45, 7) is -0.532. The molecule has 0 radical (unpaired) electrons. The summed E-state index contributed by atoms with van der Waals surface area (Å²) in [4.78, 5) is 36.9. The number of nitrogens with zero attached hydrogens (tertiary/aromatic N) is 1. The summed E-state index contributed by atoms with van der Waals surface area (Å²) in [5, 5.41) is 10.4. The zero-order chi connectivity index (χ0) is 15.6. The molecule has 1 aromatic carbocycles. The van der Waals surface area contributed by atoms with E-state index in [4.69, 9.17) is 11.6 Å². The zero-order valence-corrected chi connectivity index (χ0v) is 11.7. The van der Waals surface area contributed by atoms with Crippen molar-refractivity contribution >= 4 is 17.6 Å². The predicted octanol–water partition coefficient (Wildman–Crippen LogP) is 0.736. The zero-order valence-electron chi connectivity index (χ0n) is 10.9. The van der Waals surface area contributed by atoms with E-state index in [0.29, 0.717) is 4.57 Å². The van der Waals surface area contributed by atoms with Crippen LogP contribution in [0.4, 0.5) is 0 Å². The van der Waals surface area contributed by atoms with Gasteiger partial charge in [0.15, 0.2) is 0 Å². The number of carbonyl (C=O) groups excluding carboxylic acids is 1. The average molecular weight is 311 g/mol. The first-order valence-corrected chi connectivity index (χ1v) is 6.21. The van der Waals surface area contributed by atoms with Gasteiger partial charge in [0.2, 0.25) is 5.88 Å². The van der Waals surface area contributed by atoms with Crippen molar-refractivity contribution in [2.75, 3.05) is 7.11 Å². The van der Waals surface area contributed by atoms with Crippen molar-refractivity contribution in [2.24, 2.45) is 0 Å². The van der Waals surface area contributed by atoms with Gasteiger partial charge in [0, 0.05) is 10.6 Å². The summed E-state index contributed by atoms with van der Waals surface area (Å²) in [5.41, 5.74) is -1.66. The van der Waals surface area contributed by atoms with E-state index >= 15 is 0 Å². The van der Waals surface area contributed by atoms with E-state index in [-0.39, 0.29) is 16.1 Å². The van der Waals surface area contributed by atoms with Crippen molar-refractivity contribution in [3.63, 3.8) is 0 Å². The molecular formula is C13H11ClN2O5. The van der Waals surface area contributed by atoms with E-state index in [0.717, 1.165) is 7.11 Å². The fraction of sp³-hybridized carbons (Fsp3) is 0.154. The van der Waals surface area contributed by atoms with Crippen LogP contribution < -0.4 is 11.2 Å². The first kappa shape index (κ1) is 14.9. The Morgan fingerprint density at radius 3 is 2.67 bits per heavy atom. The van der Waals surface area contributed by atoms with E-state index in [1.165, 1.54) is 12.1 Å². The predicted molar refractivity (Wildman–Crippen MR) is 75.4 cm³/mol. The summed E-state index contributed by atoms with van der Waals surface area (Å²) in [6.07, 6.45) is 0. The fourth-order valence-electron chi connectivity index (χ4n) is 1.81. The highest BCUT2D eigenvalue weighted by Crippen LogP contribution is 2.30. The van der Waals surface area contributed by atoms with Crippen LogP contribution in [0.5, 0.6) is 5.88 Å². The SMILES string of the molecule is COC(=O)Cn1c(O)c(-c2ccccc2Cl)c(=O)[nH]c1=O. The quantitative estimate of drug-likeness (QED) is 0.814. The molecule has 0 amide bonds. The summed E-state index contributed by atoms with van der Waals surface area (Å²) in [5.74, 6) is -1.40. The van der Waals surface area contributed by atoms with Crippen LogP contribution in [0.3, 0.4) is 0 Å². The molecule has 0 unspecified atom stereocenters. The van der Waals surface area contributed by atoms with Crippen LogP contribution in [0.15, 0.2) is 33.9 Å². The van der Waals surface area contributed by atoms with Crippen molar-refractivity contribution in [3.8, 4) is 17.0 Å². The highest BCUT2D eigenvalue weighted by molar-refractivity contribution is 6.33. The number of halogens is 1. The Hall–Kier alpha value is -2.54. The minimum atomic E-state index is -0.918. The summed E-state index contributed by atoms with van der Waals surface area (Å²) in [6, 6.07) is 6.32. The molecule has 110 valence electrons. The maximum Gasteiger partial charge on any atom is 0.331 e. The molecule has 0 aliphatic carbocycles. The number of hydrogen-bond acceptors (Lipinski definition) is 5. The number of carbonyl (C=O) groups is 1. The molecule has 2 rings (SSSR count). The van der Waals surface area contributed by atoms with Crippen LogP contribution in [0, 0.1) is 0 Å². The maximum atomic E-state index is 11.9. The van der Waals surface area contributed by atoms with Crippen molar-refractivity contribution in [2.45, 2.75) is 6.54 Å². The van der Waals surface area contributed by atoms with Gasteiger partial charge in [0.1, 0.15) is 12.1 Å². The van der Waals surface area contributed by atoms with E-state index in [9.17, 15) is 19.5 Å². The first-order chi connectivity index (χ1) is 9.95. The molecule has 0 bridgehead atoms. The fourth-order valence-corrected chi connectivity index (χ4v) is 2.04. The molecule has 0 saturated heterocycles. The molecule has 0 atom stereocenters. The number of aromatic nitrogens is 2. The molecule has 0 fully saturated rings. The molecule has 2 N–H and O–H groups in total. The minimum Gasteiger partial charge on any atom is -0.494 e. The van der Waals surface area contributed by atoms with Crippen molar-refractivity contribution in [3.05, 3.63) is 50.1 Å². The Bertz CT molecular complexity index is 809. The molecule has 7 nitrogen and oxygen atoms in total. The lowest BCUT2D eigenvalue weighted by Gasteiger charge is -2.11. The molecule has 8 heteroatoms. The third-order valence-electron chi connectivity index (χ3n) is 2.83. The number of benzene rings is 1. The van der Waals surface area contributed by atoms with Gasteiger partial charge in [-0.25, -0.2) is 4.79 Å². The number of esters is 1. The lowest BCUT2D eigenvalue weighted by atomic mass is 10.1. The van der Waals surface area contributed by atoms with Crippen molar-refractivity contribution in [1.29, 1.82) is 0 Å². The van der Waals surface area contributed by atoms with Gasteiger partial charge in [-0.05, 0) is 6.07 Å². The van der Waals surface area contributed by atoms with Crippen LogP contribution in [-0.2, 0) is 16.1 Å². The third kappa shape index (κ3) is 2.82. The molecule has 2 aromatic rings. The topological polar surface area (TPSA) is 101 Å². The number of rotatable bonds is 3. The van der Waals surface area contributed by atoms with Crippen LogP contribution >= 0.6 is 11.6 Å². The largest absolute Gasteiger partial charge is 0.494 e. The Labute approximate surface area is 123 Å². The second-order valence-corrected chi connectivity index (χ2v) is 4.51. The molecule has 1 aromatic heterocycles. The van der Waals surface area contributed by atoms with Crippen LogP contribution in [-0.4, -0.2) is 27.7 Å². The molecule has 0 aliphatic heterocycles. The number of H-pyrrole nitrogens is 1. The second kappa shape index (κ2) is 5.84. The number of aromatic amines is 1. The number of nitrogens with one attached hydrogen (secondary N) is 1. The van der Waals surface area contributed by atoms with Gasteiger partial charge >= 0.3 is 11.7 Å². The monoisotopic (exact) mass is 310 g/mol. The van der Waals surface area contributed by atoms with E-state index in [1.54, 1.807) is 12.1 Å². The highest BCUT2D eigenvalue weighted by atomic mass is 35.5. The third-order valence-corrected chi connectivity index (χ3v) is 3.16.